The Morgan fingerprint density at radius 3 is 2.72 bits per heavy atom. The highest BCUT2D eigenvalue weighted by Crippen LogP contribution is 2.22. The summed E-state index contributed by atoms with van der Waals surface area (Å²) in [6.07, 6.45) is 2.34. The molecule has 0 aliphatic carbocycles. The van der Waals surface area contributed by atoms with Crippen LogP contribution in [0.2, 0.25) is 0 Å². The third-order valence-corrected chi connectivity index (χ3v) is 2.89. The lowest BCUT2D eigenvalue weighted by molar-refractivity contribution is 0.471. The molecular weight excluding hydrogens is 236 g/mol. The van der Waals surface area contributed by atoms with Gasteiger partial charge in [-0.3, -0.25) is 4.68 Å². The Bertz CT molecular complexity index is 537. The van der Waals surface area contributed by atoms with Gasteiger partial charge in [-0.15, -0.1) is 0 Å². The predicted octanol–water partition coefficient (Wildman–Crippen LogP) is 2.20. The molecule has 0 aliphatic rings. The molecule has 1 N–H and O–H groups in total. The fraction of sp³-hybridized carbons (Fsp3) is 0.308. The fourth-order valence-corrected chi connectivity index (χ4v) is 1.94. The third-order valence-electron chi connectivity index (χ3n) is 2.89. The number of benzene rings is 1. The summed E-state index contributed by atoms with van der Waals surface area (Å²) >= 11 is 0. The molecule has 0 aliphatic heterocycles. The summed E-state index contributed by atoms with van der Waals surface area (Å²) in [5, 5.41) is 7.22. The number of nitrogens with zero attached hydrogens (tertiary/aromatic N) is 2. The summed E-state index contributed by atoms with van der Waals surface area (Å²) in [4.78, 5) is 0. The van der Waals surface area contributed by atoms with E-state index in [0.29, 0.717) is 12.0 Å². The second-order valence-electron chi connectivity index (χ2n) is 4.17. The van der Waals surface area contributed by atoms with Gasteiger partial charge in [-0.1, -0.05) is 12.1 Å². The standard InChI is InChI=1S/C13H15F2N3/c1-16-12(8-9-6-7-18(2)17-9)10-4-3-5-11(14)13(10)15/h3-7,12,16H,8H2,1-2H3. The van der Waals surface area contributed by atoms with Gasteiger partial charge < -0.3 is 5.32 Å². The van der Waals surface area contributed by atoms with Gasteiger partial charge in [0, 0.05) is 31.3 Å². The van der Waals surface area contributed by atoms with Crippen LogP contribution in [0.4, 0.5) is 8.78 Å². The number of hydrogen-bond acceptors (Lipinski definition) is 2. The number of rotatable bonds is 4. The van der Waals surface area contributed by atoms with Crippen LogP contribution < -0.4 is 5.32 Å². The second-order valence-corrected chi connectivity index (χ2v) is 4.17. The molecule has 5 heteroatoms. The monoisotopic (exact) mass is 251 g/mol. The Kier molecular flexibility index (Phi) is 3.72. The number of hydrogen-bond donors (Lipinski definition) is 1. The molecular formula is C13H15F2N3. The van der Waals surface area contributed by atoms with Crippen LogP contribution >= 0.6 is 0 Å². The Balaban J connectivity index is 2.25. The van der Waals surface area contributed by atoms with Crippen LogP contribution in [-0.4, -0.2) is 16.8 Å². The number of nitrogens with one attached hydrogen (secondary N) is 1. The fourth-order valence-electron chi connectivity index (χ4n) is 1.94. The van der Waals surface area contributed by atoms with Crippen molar-refractivity contribution in [1.82, 2.24) is 15.1 Å². The van der Waals surface area contributed by atoms with Gasteiger partial charge in [0.1, 0.15) is 0 Å². The van der Waals surface area contributed by atoms with E-state index in [1.807, 2.05) is 19.3 Å². The number of aryl methyl sites for hydroxylation is 1. The van der Waals surface area contributed by atoms with E-state index in [9.17, 15) is 8.78 Å². The molecule has 1 aromatic heterocycles. The van der Waals surface area contributed by atoms with E-state index in [-0.39, 0.29) is 6.04 Å². The highest BCUT2D eigenvalue weighted by Gasteiger charge is 2.17. The van der Waals surface area contributed by atoms with Crippen LogP contribution in [0.1, 0.15) is 17.3 Å². The molecule has 1 atom stereocenters. The van der Waals surface area contributed by atoms with Crippen molar-refractivity contribution < 1.29 is 8.78 Å². The minimum absolute atomic E-state index is 0.296. The average molecular weight is 251 g/mol. The highest BCUT2D eigenvalue weighted by molar-refractivity contribution is 5.24. The molecule has 96 valence electrons. The SMILES string of the molecule is CNC(Cc1ccn(C)n1)c1cccc(F)c1F. The quantitative estimate of drug-likeness (QED) is 0.902. The molecule has 0 fully saturated rings. The van der Waals surface area contributed by atoms with Gasteiger partial charge in [-0.2, -0.15) is 5.10 Å². The van der Waals surface area contributed by atoms with Gasteiger partial charge in [0.05, 0.1) is 5.69 Å². The third kappa shape index (κ3) is 2.56. The molecule has 0 radical (unpaired) electrons. The van der Waals surface area contributed by atoms with E-state index in [1.54, 1.807) is 17.8 Å². The molecule has 0 saturated carbocycles. The van der Waals surface area contributed by atoms with Crippen LogP contribution in [0.3, 0.4) is 0 Å². The zero-order valence-corrected chi connectivity index (χ0v) is 10.3. The molecule has 0 bridgehead atoms. The molecule has 0 saturated heterocycles. The van der Waals surface area contributed by atoms with Crippen LogP contribution in [0.5, 0.6) is 0 Å². The largest absolute Gasteiger partial charge is 0.313 e. The first-order valence-corrected chi connectivity index (χ1v) is 5.71. The Hall–Kier alpha value is -1.75. The molecule has 1 unspecified atom stereocenters. The van der Waals surface area contributed by atoms with Gasteiger partial charge in [-0.05, 0) is 19.2 Å². The van der Waals surface area contributed by atoms with Gasteiger partial charge in [0.25, 0.3) is 0 Å². The maximum atomic E-state index is 13.7. The first kappa shape index (κ1) is 12.7. The normalized spacial score (nSPS) is 12.7. The van der Waals surface area contributed by atoms with Crippen molar-refractivity contribution >= 4 is 0 Å². The Morgan fingerprint density at radius 1 is 1.33 bits per heavy atom. The average Bonchev–Trinajstić information content (AvgIpc) is 2.76. The Morgan fingerprint density at radius 2 is 2.11 bits per heavy atom. The molecule has 0 amide bonds. The van der Waals surface area contributed by atoms with Crippen molar-refractivity contribution in [3.05, 3.63) is 53.4 Å². The molecule has 0 spiro atoms. The lowest BCUT2D eigenvalue weighted by Gasteiger charge is -2.16. The van der Waals surface area contributed by atoms with Crippen LogP contribution in [0, 0.1) is 11.6 Å². The van der Waals surface area contributed by atoms with Crippen molar-refractivity contribution in [2.45, 2.75) is 12.5 Å². The van der Waals surface area contributed by atoms with E-state index in [2.05, 4.69) is 10.4 Å². The summed E-state index contributed by atoms with van der Waals surface area (Å²) in [6, 6.07) is 5.78. The Labute approximate surface area is 104 Å². The molecule has 2 rings (SSSR count). The van der Waals surface area contributed by atoms with Crippen molar-refractivity contribution in [2.24, 2.45) is 7.05 Å². The zero-order valence-electron chi connectivity index (χ0n) is 10.3. The second kappa shape index (κ2) is 5.27. The van der Waals surface area contributed by atoms with Crippen LogP contribution in [-0.2, 0) is 13.5 Å². The van der Waals surface area contributed by atoms with Crippen LogP contribution in [0.15, 0.2) is 30.5 Å². The summed E-state index contributed by atoms with van der Waals surface area (Å²) in [6.45, 7) is 0. The summed E-state index contributed by atoms with van der Waals surface area (Å²) in [7, 11) is 3.54. The van der Waals surface area contributed by atoms with Crippen molar-refractivity contribution in [2.75, 3.05) is 7.05 Å². The first-order chi connectivity index (χ1) is 8.61. The maximum absolute atomic E-state index is 13.7. The van der Waals surface area contributed by atoms with Crippen molar-refractivity contribution in [3.63, 3.8) is 0 Å². The predicted molar refractivity (Wildman–Crippen MR) is 65.1 cm³/mol. The number of halogens is 2. The topological polar surface area (TPSA) is 29.9 Å². The molecule has 3 nitrogen and oxygen atoms in total. The highest BCUT2D eigenvalue weighted by atomic mass is 19.2. The first-order valence-electron chi connectivity index (χ1n) is 5.71. The molecule has 18 heavy (non-hydrogen) atoms. The van der Waals surface area contributed by atoms with Gasteiger partial charge in [0.2, 0.25) is 0 Å². The molecule has 2 aromatic rings. The maximum Gasteiger partial charge on any atom is 0.163 e. The number of likely N-dealkylation sites (N-methyl/N-ethyl adjacent to an activating group) is 1. The lowest BCUT2D eigenvalue weighted by atomic mass is 10.0. The summed E-state index contributed by atoms with van der Waals surface area (Å²) in [5.41, 5.74) is 1.16. The molecule has 1 heterocycles. The van der Waals surface area contributed by atoms with E-state index >= 15 is 0 Å². The minimum atomic E-state index is -0.825. The summed E-state index contributed by atoms with van der Waals surface area (Å²) in [5.74, 6) is -1.62. The van der Waals surface area contributed by atoms with E-state index in [0.717, 1.165) is 11.8 Å². The van der Waals surface area contributed by atoms with Crippen molar-refractivity contribution in [1.29, 1.82) is 0 Å². The van der Waals surface area contributed by atoms with E-state index in [4.69, 9.17) is 0 Å². The van der Waals surface area contributed by atoms with Crippen molar-refractivity contribution in [3.8, 4) is 0 Å². The van der Waals surface area contributed by atoms with Gasteiger partial charge in [0.15, 0.2) is 11.6 Å². The van der Waals surface area contributed by atoms with Gasteiger partial charge >= 0.3 is 0 Å². The smallest absolute Gasteiger partial charge is 0.163 e. The lowest BCUT2D eigenvalue weighted by Crippen LogP contribution is -2.20. The van der Waals surface area contributed by atoms with Crippen LogP contribution in [0.25, 0.3) is 0 Å². The van der Waals surface area contributed by atoms with E-state index < -0.39 is 11.6 Å². The van der Waals surface area contributed by atoms with E-state index in [1.165, 1.54) is 6.07 Å². The summed E-state index contributed by atoms with van der Waals surface area (Å²) < 4.78 is 28.6. The molecule has 1 aromatic carbocycles. The van der Waals surface area contributed by atoms with Gasteiger partial charge in [-0.25, -0.2) is 8.78 Å². The number of aromatic nitrogens is 2. The minimum Gasteiger partial charge on any atom is -0.313 e. The zero-order chi connectivity index (χ0) is 13.1.